The monoisotopic (exact) mass is 308 g/mol. The first kappa shape index (κ1) is 13.5. The third-order valence-corrected chi connectivity index (χ3v) is 5.01. The van der Waals surface area contributed by atoms with E-state index in [4.69, 9.17) is 0 Å². The zero-order valence-corrected chi connectivity index (χ0v) is 13.7. The molecule has 0 unspecified atom stereocenters. The van der Waals surface area contributed by atoms with Crippen LogP contribution in [-0.2, 0) is 6.54 Å². The maximum Gasteiger partial charge on any atom is 0.171 e. The van der Waals surface area contributed by atoms with Gasteiger partial charge in [0.05, 0.1) is 0 Å². The fraction of sp³-hybridized carbons (Fsp3) is 0.0870. The summed E-state index contributed by atoms with van der Waals surface area (Å²) >= 11 is 0. The fourth-order valence-electron chi connectivity index (χ4n) is 3.97. The highest BCUT2D eigenvalue weighted by Gasteiger charge is 2.21. The number of hydrogen-bond acceptors (Lipinski definition) is 0. The Hall–Kier alpha value is -2.93. The Morgan fingerprint density at radius 3 is 2.04 bits per heavy atom. The molecule has 0 aromatic heterocycles. The second-order valence-electron chi connectivity index (χ2n) is 6.62. The van der Waals surface area contributed by atoms with Gasteiger partial charge in [0.2, 0.25) is 0 Å². The van der Waals surface area contributed by atoms with Crippen molar-refractivity contribution in [2.24, 2.45) is 0 Å². The van der Waals surface area contributed by atoms with Gasteiger partial charge in [-0.3, -0.25) is 0 Å². The average Bonchev–Trinajstić information content (AvgIpc) is 2.77. The summed E-state index contributed by atoms with van der Waals surface area (Å²) in [5.74, 6) is 0. The molecule has 0 N–H and O–H groups in total. The molecule has 0 fully saturated rings. The lowest BCUT2D eigenvalue weighted by molar-refractivity contribution is -0.508. The first-order valence-electron chi connectivity index (χ1n) is 8.39. The Labute approximate surface area is 141 Å². The van der Waals surface area contributed by atoms with Gasteiger partial charge in [0.15, 0.2) is 12.8 Å². The van der Waals surface area contributed by atoms with Crippen LogP contribution in [0.3, 0.4) is 0 Å². The predicted octanol–water partition coefficient (Wildman–Crippen LogP) is 5.23. The Bertz CT molecular complexity index is 1140. The highest BCUT2D eigenvalue weighted by molar-refractivity contribution is 6.11. The molecular weight excluding hydrogens is 290 g/mol. The Kier molecular flexibility index (Phi) is 2.83. The summed E-state index contributed by atoms with van der Waals surface area (Å²) < 4.78 is 2.29. The summed E-state index contributed by atoms with van der Waals surface area (Å²) in [6.07, 6.45) is 2.27. The number of nitrogens with zero attached hydrogens (tertiary/aromatic N) is 1. The summed E-state index contributed by atoms with van der Waals surface area (Å²) in [4.78, 5) is 0. The summed E-state index contributed by atoms with van der Waals surface area (Å²) in [5.41, 5.74) is 5.44. The molecule has 0 saturated carbocycles. The molecule has 0 saturated heterocycles. The summed E-state index contributed by atoms with van der Waals surface area (Å²) in [6, 6.07) is 26.5. The van der Waals surface area contributed by atoms with Gasteiger partial charge in [-0.15, -0.1) is 0 Å². The lowest BCUT2D eigenvalue weighted by Gasteiger charge is -2.14. The van der Waals surface area contributed by atoms with Crippen molar-refractivity contribution in [3.63, 3.8) is 0 Å². The van der Waals surface area contributed by atoms with Crippen LogP contribution in [0.5, 0.6) is 0 Å². The van der Waals surface area contributed by atoms with Crippen molar-refractivity contribution in [2.75, 3.05) is 7.05 Å². The predicted molar refractivity (Wildman–Crippen MR) is 102 cm³/mol. The van der Waals surface area contributed by atoms with Gasteiger partial charge in [0.25, 0.3) is 0 Å². The fourth-order valence-corrected chi connectivity index (χ4v) is 3.97. The van der Waals surface area contributed by atoms with Gasteiger partial charge < -0.3 is 0 Å². The van der Waals surface area contributed by atoms with Crippen LogP contribution in [0.2, 0.25) is 0 Å². The van der Waals surface area contributed by atoms with E-state index in [0.29, 0.717) is 0 Å². The molecule has 5 rings (SSSR count). The molecule has 0 spiro atoms. The molecule has 0 bridgehead atoms. The number of hydrogen-bond donors (Lipinski definition) is 0. The summed E-state index contributed by atoms with van der Waals surface area (Å²) in [7, 11) is 2.16. The van der Waals surface area contributed by atoms with Crippen LogP contribution < -0.4 is 0 Å². The SMILES string of the molecule is C[N+]1=Cc2ccc3ccccc3c2-c2c(ccc3ccccc23)C1. The van der Waals surface area contributed by atoms with Gasteiger partial charge in [0, 0.05) is 22.3 Å². The molecule has 0 aliphatic carbocycles. The standard InChI is InChI=1S/C23H18N/c1-24-14-18-12-10-16-6-2-4-8-20(16)22(18)23-19(15-24)13-11-17-7-3-5-9-21(17)23/h2-14H,15H2,1H3/q+1. The molecule has 0 amide bonds. The molecule has 1 nitrogen and oxygen atoms in total. The van der Waals surface area contributed by atoms with Crippen molar-refractivity contribution >= 4 is 27.8 Å². The minimum Gasteiger partial charge on any atom is -0.234 e. The van der Waals surface area contributed by atoms with Crippen molar-refractivity contribution in [2.45, 2.75) is 6.54 Å². The van der Waals surface area contributed by atoms with E-state index in [-0.39, 0.29) is 0 Å². The molecule has 24 heavy (non-hydrogen) atoms. The lowest BCUT2D eigenvalue weighted by Crippen LogP contribution is -2.05. The van der Waals surface area contributed by atoms with Crippen LogP contribution >= 0.6 is 0 Å². The van der Waals surface area contributed by atoms with E-state index >= 15 is 0 Å². The normalized spacial score (nSPS) is 13.3. The molecule has 1 heteroatoms. The number of benzene rings is 4. The van der Waals surface area contributed by atoms with Crippen LogP contribution in [-0.4, -0.2) is 17.8 Å². The van der Waals surface area contributed by atoms with Crippen LogP contribution in [0, 0.1) is 0 Å². The molecule has 0 radical (unpaired) electrons. The average molecular weight is 308 g/mol. The molecule has 1 aliphatic rings. The minimum atomic E-state index is 0.934. The van der Waals surface area contributed by atoms with Crippen molar-refractivity contribution < 1.29 is 4.58 Å². The molecule has 1 heterocycles. The minimum absolute atomic E-state index is 0.934. The second kappa shape index (κ2) is 5.04. The Morgan fingerprint density at radius 1 is 0.667 bits per heavy atom. The molecule has 0 atom stereocenters. The summed E-state index contributed by atoms with van der Waals surface area (Å²) in [5, 5.41) is 5.28. The molecular formula is C23H18N+. The van der Waals surface area contributed by atoms with Crippen molar-refractivity contribution in [1.82, 2.24) is 0 Å². The molecule has 4 aromatic carbocycles. The van der Waals surface area contributed by atoms with Gasteiger partial charge >= 0.3 is 0 Å². The van der Waals surface area contributed by atoms with Gasteiger partial charge in [-0.2, -0.15) is 0 Å². The van der Waals surface area contributed by atoms with Crippen molar-refractivity contribution in [1.29, 1.82) is 0 Å². The van der Waals surface area contributed by atoms with Crippen LogP contribution in [0.1, 0.15) is 11.1 Å². The van der Waals surface area contributed by atoms with E-state index in [1.807, 2.05) is 0 Å². The quantitative estimate of drug-likeness (QED) is 0.391. The number of fused-ring (bicyclic) bond motifs is 7. The second-order valence-corrected chi connectivity index (χ2v) is 6.62. The Morgan fingerprint density at radius 2 is 1.29 bits per heavy atom. The van der Waals surface area contributed by atoms with Crippen LogP contribution in [0.4, 0.5) is 0 Å². The van der Waals surface area contributed by atoms with E-state index in [0.717, 1.165) is 6.54 Å². The molecule has 114 valence electrons. The maximum atomic E-state index is 2.29. The topological polar surface area (TPSA) is 3.01 Å². The van der Waals surface area contributed by atoms with Gasteiger partial charge in [-0.25, -0.2) is 4.58 Å². The van der Waals surface area contributed by atoms with E-state index < -0.39 is 0 Å². The Balaban J connectivity index is 2.03. The third kappa shape index (κ3) is 1.91. The zero-order chi connectivity index (χ0) is 16.1. The zero-order valence-electron chi connectivity index (χ0n) is 13.7. The van der Waals surface area contributed by atoms with E-state index in [1.54, 1.807) is 0 Å². The smallest absolute Gasteiger partial charge is 0.171 e. The van der Waals surface area contributed by atoms with Crippen LogP contribution in [0.15, 0.2) is 72.8 Å². The van der Waals surface area contributed by atoms with Crippen molar-refractivity contribution in [3.8, 4) is 11.1 Å². The molecule has 1 aliphatic heterocycles. The molecule has 4 aromatic rings. The van der Waals surface area contributed by atoms with E-state index in [1.165, 1.54) is 43.8 Å². The van der Waals surface area contributed by atoms with Gasteiger partial charge in [-0.05, 0) is 27.6 Å². The highest BCUT2D eigenvalue weighted by atomic mass is 15.0. The van der Waals surface area contributed by atoms with Crippen LogP contribution in [0.25, 0.3) is 32.7 Å². The van der Waals surface area contributed by atoms with E-state index in [9.17, 15) is 0 Å². The van der Waals surface area contributed by atoms with Crippen molar-refractivity contribution in [3.05, 3.63) is 83.9 Å². The maximum absolute atomic E-state index is 2.29. The van der Waals surface area contributed by atoms with E-state index in [2.05, 4.69) is 90.6 Å². The summed E-state index contributed by atoms with van der Waals surface area (Å²) in [6.45, 7) is 0.934. The van der Waals surface area contributed by atoms with Gasteiger partial charge in [0.1, 0.15) is 7.05 Å². The third-order valence-electron chi connectivity index (χ3n) is 5.01. The first-order valence-corrected chi connectivity index (χ1v) is 8.39. The lowest BCUT2D eigenvalue weighted by atomic mass is 9.88. The largest absolute Gasteiger partial charge is 0.234 e. The van der Waals surface area contributed by atoms with Gasteiger partial charge in [-0.1, -0.05) is 66.7 Å². The first-order chi connectivity index (χ1) is 11.8. The highest BCUT2D eigenvalue weighted by Crippen LogP contribution is 2.39. The number of rotatable bonds is 0.